The second-order valence-electron chi connectivity index (χ2n) is 5.89. The van der Waals surface area contributed by atoms with Crippen LogP contribution >= 0.6 is 0 Å². The van der Waals surface area contributed by atoms with Gasteiger partial charge in [0, 0.05) is 12.8 Å². The molecule has 0 aromatic heterocycles. The maximum atomic E-state index is 12.7. The van der Waals surface area contributed by atoms with Crippen molar-refractivity contribution in [3.63, 3.8) is 0 Å². The quantitative estimate of drug-likeness (QED) is 0.845. The Balaban J connectivity index is 1.89. The number of ether oxygens (including phenoxy) is 2. The van der Waals surface area contributed by atoms with Gasteiger partial charge in [0.25, 0.3) is 0 Å². The standard InChI is InChI=1S/C19H21NO4/c1-23-17-13-14(7-8-16(17)21)18(22)24-19(9-11-20-12-10-19)15-5-3-2-4-6-15/h2-8,13,20-21H,9-12H2,1H3. The minimum Gasteiger partial charge on any atom is -0.504 e. The monoisotopic (exact) mass is 327 g/mol. The van der Waals surface area contributed by atoms with E-state index in [2.05, 4.69) is 5.32 Å². The van der Waals surface area contributed by atoms with Gasteiger partial charge in [-0.25, -0.2) is 4.79 Å². The minimum atomic E-state index is -0.630. The average molecular weight is 327 g/mol. The summed E-state index contributed by atoms with van der Waals surface area (Å²) in [6, 6.07) is 14.3. The van der Waals surface area contributed by atoms with Gasteiger partial charge in [0.05, 0.1) is 12.7 Å². The number of benzene rings is 2. The number of methoxy groups -OCH3 is 1. The van der Waals surface area contributed by atoms with Gasteiger partial charge in [-0.2, -0.15) is 0 Å². The van der Waals surface area contributed by atoms with Crippen LogP contribution in [0.5, 0.6) is 11.5 Å². The molecule has 2 aromatic rings. The third-order valence-corrected chi connectivity index (χ3v) is 4.41. The molecule has 0 amide bonds. The number of phenols is 1. The van der Waals surface area contributed by atoms with Crippen molar-refractivity contribution in [3.8, 4) is 11.5 Å². The minimum absolute atomic E-state index is 0.00584. The van der Waals surface area contributed by atoms with Crippen LogP contribution in [-0.2, 0) is 10.3 Å². The predicted octanol–water partition coefficient (Wildman–Crippen LogP) is 2.84. The molecule has 2 N–H and O–H groups in total. The van der Waals surface area contributed by atoms with Gasteiger partial charge in [-0.05, 0) is 36.9 Å². The van der Waals surface area contributed by atoms with Crippen molar-refractivity contribution in [2.24, 2.45) is 0 Å². The summed E-state index contributed by atoms with van der Waals surface area (Å²) in [5.74, 6) is -0.170. The van der Waals surface area contributed by atoms with Crippen LogP contribution < -0.4 is 10.1 Å². The Labute approximate surface area is 141 Å². The SMILES string of the molecule is COc1cc(C(=O)OC2(c3ccccc3)CCNCC2)ccc1O. The van der Waals surface area contributed by atoms with Gasteiger partial charge in [0.15, 0.2) is 11.5 Å². The lowest BCUT2D eigenvalue weighted by molar-refractivity contribution is -0.0378. The zero-order valence-electron chi connectivity index (χ0n) is 13.6. The molecule has 5 nitrogen and oxygen atoms in total. The van der Waals surface area contributed by atoms with Crippen molar-refractivity contribution in [1.29, 1.82) is 0 Å². The van der Waals surface area contributed by atoms with E-state index < -0.39 is 11.6 Å². The molecular weight excluding hydrogens is 306 g/mol. The van der Waals surface area contributed by atoms with E-state index in [1.807, 2.05) is 30.3 Å². The Morgan fingerprint density at radius 1 is 1.12 bits per heavy atom. The molecule has 0 radical (unpaired) electrons. The van der Waals surface area contributed by atoms with Crippen LogP contribution in [0.25, 0.3) is 0 Å². The zero-order chi connectivity index (χ0) is 17.0. The second-order valence-corrected chi connectivity index (χ2v) is 5.89. The lowest BCUT2D eigenvalue weighted by Crippen LogP contribution is -2.43. The van der Waals surface area contributed by atoms with Gasteiger partial charge in [0.1, 0.15) is 5.60 Å². The zero-order valence-corrected chi connectivity index (χ0v) is 13.6. The summed E-state index contributed by atoms with van der Waals surface area (Å²) >= 11 is 0. The first-order valence-electron chi connectivity index (χ1n) is 8.01. The van der Waals surface area contributed by atoms with E-state index in [1.54, 1.807) is 6.07 Å². The molecule has 0 aliphatic carbocycles. The number of carbonyl (C=O) groups is 1. The summed E-state index contributed by atoms with van der Waals surface area (Å²) in [7, 11) is 1.45. The number of rotatable bonds is 4. The summed E-state index contributed by atoms with van der Waals surface area (Å²) in [6.07, 6.45) is 1.44. The van der Waals surface area contributed by atoms with E-state index in [0.29, 0.717) is 5.56 Å². The van der Waals surface area contributed by atoms with Gasteiger partial charge in [-0.1, -0.05) is 30.3 Å². The number of hydrogen-bond donors (Lipinski definition) is 2. The molecule has 1 heterocycles. The highest BCUT2D eigenvalue weighted by Gasteiger charge is 2.38. The summed E-state index contributed by atoms with van der Waals surface area (Å²) in [5, 5.41) is 13.0. The molecule has 0 atom stereocenters. The Kier molecular flexibility index (Phi) is 4.71. The maximum absolute atomic E-state index is 12.7. The number of piperidine rings is 1. The summed E-state index contributed by atoms with van der Waals surface area (Å²) in [6.45, 7) is 1.59. The predicted molar refractivity (Wildman–Crippen MR) is 90.3 cm³/mol. The molecule has 126 valence electrons. The first kappa shape index (κ1) is 16.3. The lowest BCUT2D eigenvalue weighted by atomic mass is 9.84. The second kappa shape index (κ2) is 6.93. The van der Waals surface area contributed by atoms with Crippen molar-refractivity contribution < 1.29 is 19.4 Å². The van der Waals surface area contributed by atoms with Crippen molar-refractivity contribution >= 4 is 5.97 Å². The van der Waals surface area contributed by atoms with Crippen molar-refractivity contribution in [2.45, 2.75) is 18.4 Å². The van der Waals surface area contributed by atoms with Crippen LogP contribution in [0.1, 0.15) is 28.8 Å². The molecule has 0 unspecified atom stereocenters. The molecule has 1 aliphatic rings. The molecule has 1 aliphatic heterocycles. The van der Waals surface area contributed by atoms with Crippen LogP contribution in [-0.4, -0.2) is 31.3 Å². The van der Waals surface area contributed by atoms with Gasteiger partial charge >= 0.3 is 5.97 Å². The molecule has 3 rings (SSSR count). The molecule has 0 saturated carbocycles. The van der Waals surface area contributed by atoms with Gasteiger partial charge in [-0.15, -0.1) is 0 Å². The molecule has 0 bridgehead atoms. The van der Waals surface area contributed by atoms with Crippen molar-refractivity contribution in [1.82, 2.24) is 5.32 Å². The Morgan fingerprint density at radius 3 is 2.50 bits per heavy atom. The fourth-order valence-electron chi connectivity index (χ4n) is 3.06. The molecule has 1 saturated heterocycles. The van der Waals surface area contributed by atoms with E-state index in [0.717, 1.165) is 31.5 Å². The first-order valence-corrected chi connectivity index (χ1v) is 8.01. The van der Waals surface area contributed by atoms with Crippen LogP contribution in [0.2, 0.25) is 0 Å². The third-order valence-electron chi connectivity index (χ3n) is 4.41. The molecule has 1 fully saturated rings. The van der Waals surface area contributed by atoms with E-state index >= 15 is 0 Å². The highest BCUT2D eigenvalue weighted by Crippen LogP contribution is 2.36. The van der Waals surface area contributed by atoms with E-state index in [9.17, 15) is 9.90 Å². The van der Waals surface area contributed by atoms with E-state index in [1.165, 1.54) is 19.2 Å². The fourth-order valence-corrected chi connectivity index (χ4v) is 3.06. The highest BCUT2D eigenvalue weighted by atomic mass is 16.6. The molecular formula is C19H21NO4. The normalized spacial score (nSPS) is 16.4. The first-order chi connectivity index (χ1) is 11.6. The summed E-state index contributed by atoms with van der Waals surface area (Å²) < 4.78 is 11.0. The van der Waals surface area contributed by atoms with Crippen LogP contribution in [0.3, 0.4) is 0 Å². The van der Waals surface area contributed by atoms with Gasteiger partial charge < -0.3 is 19.9 Å². The Hall–Kier alpha value is -2.53. The molecule has 24 heavy (non-hydrogen) atoms. The molecule has 0 spiro atoms. The number of phenolic OH excluding ortho intramolecular Hbond substituents is 1. The summed E-state index contributed by atoms with van der Waals surface area (Å²) in [5.41, 5.74) is 0.735. The van der Waals surface area contributed by atoms with Gasteiger partial charge in [0.2, 0.25) is 0 Å². The molecule has 5 heteroatoms. The third kappa shape index (κ3) is 3.21. The highest BCUT2D eigenvalue weighted by molar-refractivity contribution is 5.90. The molecule has 2 aromatic carbocycles. The number of esters is 1. The summed E-state index contributed by atoms with van der Waals surface area (Å²) in [4.78, 5) is 12.7. The average Bonchev–Trinajstić information content (AvgIpc) is 2.63. The topological polar surface area (TPSA) is 67.8 Å². The number of aromatic hydroxyl groups is 1. The van der Waals surface area contributed by atoms with Crippen LogP contribution in [0.4, 0.5) is 0 Å². The Bertz CT molecular complexity index is 709. The number of carbonyl (C=O) groups excluding carboxylic acids is 1. The van der Waals surface area contributed by atoms with Crippen LogP contribution in [0.15, 0.2) is 48.5 Å². The number of hydrogen-bond acceptors (Lipinski definition) is 5. The fraction of sp³-hybridized carbons (Fsp3) is 0.316. The van der Waals surface area contributed by atoms with E-state index in [-0.39, 0.29) is 11.5 Å². The van der Waals surface area contributed by atoms with Crippen molar-refractivity contribution in [2.75, 3.05) is 20.2 Å². The maximum Gasteiger partial charge on any atom is 0.339 e. The van der Waals surface area contributed by atoms with E-state index in [4.69, 9.17) is 9.47 Å². The van der Waals surface area contributed by atoms with Crippen LogP contribution in [0, 0.1) is 0 Å². The smallest absolute Gasteiger partial charge is 0.339 e. The number of nitrogens with one attached hydrogen (secondary N) is 1. The largest absolute Gasteiger partial charge is 0.504 e. The lowest BCUT2D eigenvalue weighted by Gasteiger charge is -2.37. The van der Waals surface area contributed by atoms with Gasteiger partial charge in [-0.3, -0.25) is 0 Å². The Morgan fingerprint density at radius 2 is 1.83 bits per heavy atom. The van der Waals surface area contributed by atoms with Crippen molar-refractivity contribution in [3.05, 3.63) is 59.7 Å².